The maximum atomic E-state index is 13.0. The van der Waals surface area contributed by atoms with Crippen molar-refractivity contribution in [2.75, 3.05) is 19.7 Å². The van der Waals surface area contributed by atoms with Crippen molar-refractivity contribution in [3.05, 3.63) is 23.8 Å². The smallest absolute Gasteiger partial charge is 0.395 e. The second kappa shape index (κ2) is 6.20. The second-order valence-electron chi connectivity index (χ2n) is 5.90. The molecule has 1 unspecified atom stereocenters. The van der Waals surface area contributed by atoms with Crippen molar-refractivity contribution < 1.29 is 33.6 Å². The van der Waals surface area contributed by atoms with Crippen LogP contribution >= 0.6 is 0 Å². The Balaban J connectivity index is 1.62. The molecule has 3 rings (SSSR count). The van der Waals surface area contributed by atoms with Gasteiger partial charge >= 0.3 is 6.29 Å². The van der Waals surface area contributed by atoms with E-state index in [1.54, 1.807) is 6.07 Å². The summed E-state index contributed by atoms with van der Waals surface area (Å²) in [6.45, 7) is 0.664. The molecule has 1 fully saturated rings. The van der Waals surface area contributed by atoms with Gasteiger partial charge in [-0.05, 0) is 30.5 Å². The number of β-amino-alcohol motifs (C(OH)–C–C–N with tert-alkyl or cyclic N) is 1. The summed E-state index contributed by atoms with van der Waals surface area (Å²) in [5, 5.41) is 28.8. The molecule has 0 amide bonds. The normalized spacial score (nSPS) is 29.7. The van der Waals surface area contributed by atoms with E-state index in [1.165, 1.54) is 12.1 Å². The molecule has 8 heteroatoms. The third-order valence-electron chi connectivity index (χ3n) is 4.26. The third-order valence-corrected chi connectivity index (χ3v) is 4.26. The van der Waals surface area contributed by atoms with Crippen molar-refractivity contribution in [3.8, 4) is 11.5 Å². The number of benzene rings is 1. The molecule has 23 heavy (non-hydrogen) atoms. The molecule has 0 aliphatic carbocycles. The molecule has 128 valence electrons. The molecule has 1 saturated heterocycles. The average Bonchev–Trinajstić information content (AvgIpc) is 2.81. The molecular weight excluding hydrogens is 312 g/mol. The first-order valence-corrected chi connectivity index (χ1v) is 7.48. The van der Waals surface area contributed by atoms with E-state index in [-0.39, 0.29) is 30.7 Å². The van der Waals surface area contributed by atoms with E-state index >= 15 is 0 Å². The van der Waals surface area contributed by atoms with Crippen molar-refractivity contribution in [3.63, 3.8) is 0 Å². The Kier molecular flexibility index (Phi) is 4.41. The maximum absolute atomic E-state index is 13.0. The van der Waals surface area contributed by atoms with Crippen LogP contribution in [0.25, 0.3) is 0 Å². The number of alkyl halides is 2. The second-order valence-corrected chi connectivity index (χ2v) is 5.90. The zero-order valence-corrected chi connectivity index (χ0v) is 12.4. The van der Waals surface area contributed by atoms with Gasteiger partial charge in [0.05, 0.1) is 18.8 Å². The molecular formula is C15H19F2NO5. The molecule has 0 saturated carbocycles. The van der Waals surface area contributed by atoms with Gasteiger partial charge < -0.3 is 24.8 Å². The van der Waals surface area contributed by atoms with E-state index in [2.05, 4.69) is 9.47 Å². The highest BCUT2D eigenvalue weighted by Crippen LogP contribution is 2.41. The summed E-state index contributed by atoms with van der Waals surface area (Å²) in [5.74, 6) is 0.00353. The molecule has 1 aromatic carbocycles. The lowest BCUT2D eigenvalue weighted by Crippen LogP contribution is -2.54. The Morgan fingerprint density at radius 2 is 1.91 bits per heavy atom. The van der Waals surface area contributed by atoms with Gasteiger partial charge in [0.1, 0.15) is 0 Å². The van der Waals surface area contributed by atoms with Gasteiger partial charge in [0, 0.05) is 19.1 Å². The van der Waals surface area contributed by atoms with Crippen LogP contribution in [-0.4, -0.2) is 64.5 Å². The number of hydrogen-bond acceptors (Lipinski definition) is 6. The van der Waals surface area contributed by atoms with Crippen LogP contribution in [0.3, 0.4) is 0 Å². The highest BCUT2D eigenvalue weighted by Gasteiger charge is 2.43. The van der Waals surface area contributed by atoms with Crippen molar-refractivity contribution in [1.82, 2.24) is 4.90 Å². The lowest BCUT2D eigenvalue weighted by atomic mass is 9.97. The molecule has 2 heterocycles. The first kappa shape index (κ1) is 16.4. The quantitative estimate of drug-likeness (QED) is 0.738. The van der Waals surface area contributed by atoms with Crippen LogP contribution in [0.4, 0.5) is 8.78 Å². The summed E-state index contributed by atoms with van der Waals surface area (Å²) in [7, 11) is 0. The van der Waals surface area contributed by atoms with E-state index < -0.39 is 18.5 Å². The monoisotopic (exact) mass is 331 g/mol. The standard InChI is InChI=1S/C15H19F2NO5/c16-15(17)22-13-2-1-9(5-14(13)23-15)3-4-18-7-12(21)11(20)6-10(18)8-19/h1-2,5,10-12,19-21H,3-4,6-8H2/t10-,11?,12+/m1/s1. The topological polar surface area (TPSA) is 82.4 Å². The fraction of sp³-hybridized carbons (Fsp3) is 0.600. The Bertz CT molecular complexity index is 571. The number of aliphatic hydroxyl groups is 3. The molecule has 3 atom stereocenters. The number of aliphatic hydroxyl groups excluding tert-OH is 3. The zero-order valence-electron chi connectivity index (χ0n) is 12.4. The van der Waals surface area contributed by atoms with Gasteiger partial charge in [0.2, 0.25) is 0 Å². The van der Waals surface area contributed by atoms with E-state index in [0.717, 1.165) is 5.56 Å². The lowest BCUT2D eigenvalue weighted by Gasteiger charge is -2.39. The van der Waals surface area contributed by atoms with Crippen LogP contribution in [0.2, 0.25) is 0 Å². The van der Waals surface area contributed by atoms with Gasteiger partial charge in [0.25, 0.3) is 0 Å². The van der Waals surface area contributed by atoms with E-state index in [1.807, 2.05) is 4.90 Å². The van der Waals surface area contributed by atoms with Crippen molar-refractivity contribution in [2.45, 2.75) is 37.4 Å². The van der Waals surface area contributed by atoms with Crippen LogP contribution in [0, 0.1) is 0 Å². The summed E-state index contributed by atoms with van der Waals surface area (Å²) >= 11 is 0. The summed E-state index contributed by atoms with van der Waals surface area (Å²) in [6.07, 6.45) is -4.49. The van der Waals surface area contributed by atoms with E-state index in [0.29, 0.717) is 19.4 Å². The van der Waals surface area contributed by atoms with E-state index in [9.17, 15) is 24.1 Å². The van der Waals surface area contributed by atoms with Crippen molar-refractivity contribution >= 4 is 0 Å². The SMILES string of the molecule is OC[C@H]1CC(O)[C@@H](O)CN1CCc1ccc2c(c1)OC(F)(F)O2. The Labute approximate surface area is 131 Å². The molecule has 0 spiro atoms. The van der Waals surface area contributed by atoms with Crippen LogP contribution in [0.5, 0.6) is 11.5 Å². The highest BCUT2D eigenvalue weighted by molar-refractivity contribution is 5.45. The van der Waals surface area contributed by atoms with Gasteiger partial charge in [-0.25, -0.2) is 0 Å². The van der Waals surface area contributed by atoms with Crippen LogP contribution in [-0.2, 0) is 6.42 Å². The number of piperidine rings is 1. The van der Waals surface area contributed by atoms with Crippen molar-refractivity contribution in [2.24, 2.45) is 0 Å². The van der Waals surface area contributed by atoms with Gasteiger partial charge in [-0.1, -0.05) is 6.07 Å². The molecule has 1 aromatic rings. The number of nitrogens with zero attached hydrogens (tertiary/aromatic N) is 1. The van der Waals surface area contributed by atoms with Crippen LogP contribution in [0.1, 0.15) is 12.0 Å². The minimum atomic E-state index is -3.63. The summed E-state index contributed by atoms with van der Waals surface area (Å²) in [4.78, 5) is 1.89. The van der Waals surface area contributed by atoms with Crippen LogP contribution < -0.4 is 9.47 Å². The molecule has 2 aliphatic rings. The largest absolute Gasteiger partial charge is 0.586 e. The zero-order chi connectivity index (χ0) is 16.6. The third kappa shape index (κ3) is 3.55. The van der Waals surface area contributed by atoms with E-state index in [4.69, 9.17) is 0 Å². The molecule has 0 bridgehead atoms. The first-order valence-electron chi connectivity index (χ1n) is 7.48. The predicted molar refractivity (Wildman–Crippen MR) is 75.4 cm³/mol. The fourth-order valence-electron chi connectivity index (χ4n) is 2.98. The Morgan fingerprint density at radius 3 is 2.65 bits per heavy atom. The van der Waals surface area contributed by atoms with Gasteiger partial charge in [0.15, 0.2) is 11.5 Å². The van der Waals surface area contributed by atoms with Gasteiger partial charge in [-0.15, -0.1) is 8.78 Å². The number of ether oxygens (including phenoxy) is 2. The average molecular weight is 331 g/mol. The Morgan fingerprint density at radius 1 is 1.17 bits per heavy atom. The number of fused-ring (bicyclic) bond motifs is 1. The van der Waals surface area contributed by atoms with Gasteiger partial charge in [-0.2, -0.15) is 0 Å². The molecule has 3 N–H and O–H groups in total. The number of halogens is 2. The highest BCUT2D eigenvalue weighted by atomic mass is 19.3. The fourth-order valence-corrected chi connectivity index (χ4v) is 2.98. The number of likely N-dealkylation sites (tertiary alicyclic amines) is 1. The van der Waals surface area contributed by atoms with Crippen LogP contribution in [0.15, 0.2) is 18.2 Å². The van der Waals surface area contributed by atoms with Gasteiger partial charge in [-0.3, -0.25) is 4.90 Å². The minimum Gasteiger partial charge on any atom is -0.395 e. The maximum Gasteiger partial charge on any atom is 0.586 e. The number of rotatable bonds is 4. The summed E-state index contributed by atoms with van der Waals surface area (Å²) in [6, 6.07) is 4.38. The van der Waals surface area contributed by atoms with Crippen molar-refractivity contribution in [1.29, 1.82) is 0 Å². The summed E-state index contributed by atoms with van der Waals surface area (Å²) < 4.78 is 34.7. The molecule has 0 radical (unpaired) electrons. The minimum absolute atomic E-state index is 0.000286. The molecule has 6 nitrogen and oxygen atoms in total. The summed E-state index contributed by atoms with van der Waals surface area (Å²) in [5.41, 5.74) is 0.780. The first-order chi connectivity index (χ1) is 10.9. The lowest BCUT2D eigenvalue weighted by molar-refractivity contribution is -0.286. The number of hydrogen-bond donors (Lipinski definition) is 3. The molecule has 0 aromatic heterocycles. The molecule has 2 aliphatic heterocycles. The Hall–Kier alpha value is -1.48. The predicted octanol–water partition coefficient (Wildman–Crippen LogP) is 0.339.